The minimum Gasteiger partial charge on any atom is -0.271 e. The molecule has 3 N–H and O–H groups in total. The normalized spacial score (nSPS) is 20.2. The minimum atomic E-state index is 0.443. The Morgan fingerprint density at radius 2 is 2.17 bits per heavy atom. The van der Waals surface area contributed by atoms with Crippen LogP contribution in [-0.4, -0.2) is 6.04 Å². The van der Waals surface area contributed by atoms with E-state index in [-0.39, 0.29) is 0 Å². The lowest BCUT2D eigenvalue weighted by atomic mass is 9.79. The molecule has 0 aliphatic heterocycles. The molecule has 2 atom stereocenters. The van der Waals surface area contributed by atoms with E-state index in [9.17, 15) is 0 Å². The van der Waals surface area contributed by atoms with Gasteiger partial charge >= 0.3 is 0 Å². The molecule has 0 amide bonds. The van der Waals surface area contributed by atoms with E-state index in [1.54, 1.807) is 0 Å². The summed E-state index contributed by atoms with van der Waals surface area (Å²) in [4.78, 5) is 0. The number of hydrogen-bond donors (Lipinski definition) is 2. The van der Waals surface area contributed by atoms with Gasteiger partial charge in [-0.3, -0.25) is 11.3 Å². The van der Waals surface area contributed by atoms with E-state index in [1.165, 1.54) is 36.8 Å². The molecule has 0 aromatic heterocycles. The second-order valence-electron chi connectivity index (χ2n) is 5.26. The Morgan fingerprint density at radius 3 is 2.89 bits per heavy atom. The Morgan fingerprint density at radius 1 is 1.39 bits per heavy atom. The summed E-state index contributed by atoms with van der Waals surface area (Å²) in [5.74, 6) is 6.41. The van der Waals surface area contributed by atoms with E-state index in [4.69, 9.17) is 5.84 Å². The van der Waals surface area contributed by atoms with Gasteiger partial charge in [-0.15, -0.1) is 6.58 Å². The fourth-order valence-corrected chi connectivity index (χ4v) is 3.01. The maximum Gasteiger partial charge on any atom is 0.0242 e. The Hall–Kier alpha value is -1.12. The molecular formula is C16H24N2. The van der Waals surface area contributed by atoms with Crippen LogP contribution in [0.25, 0.3) is 0 Å². The van der Waals surface area contributed by atoms with Crippen molar-refractivity contribution in [2.75, 3.05) is 0 Å². The number of aryl methyl sites for hydroxylation is 1. The molecule has 1 aromatic carbocycles. The smallest absolute Gasteiger partial charge is 0.0242 e. The second-order valence-corrected chi connectivity index (χ2v) is 5.26. The predicted octanol–water partition coefficient (Wildman–Crippen LogP) is 2.98. The molecule has 0 radical (unpaired) electrons. The van der Waals surface area contributed by atoms with Gasteiger partial charge in [-0.05, 0) is 55.6 Å². The topological polar surface area (TPSA) is 38.0 Å². The summed E-state index contributed by atoms with van der Waals surface area (Å²) < 4.78 is 0. The molecule has 2 rings (SSSR count). The van der Waals surface area contributed by atoms with Crippen molar-refractivity contribution < 1.29 is 0 Å². The molecule has 18 heavy (non-hydrogen) atoms. The third kappa shape index (κ3) is 3.21. The van der Waals surface area contributed by atoms with Crippen LogP contribution in [0.15, 0.2) is 36.9 Å². The fraction of sp³-hybridized carbons (Fsp3) is 0.500. The molecule has 0 bridgehead atoms. The number of benzene rings is 1. The lowest BCUT2D eigenvalue weighted by Gasteiger charge is -2.31. The number of unbranched alkanes of at least 4 members (excludes halogenated alkanes) is 1. The lowest BCUT2D eigenvalue weighted by molar-refractivity contribution is 0.304. The van der Waals surface area contributed by atoms with Gasteiger partial charge in [0.2, 0.25) is 0 Å². The number of nitrogens with one attached hydrogen (secondary N) is 1. The van der Waals surface area contributed by atoms with Crippen molar-refractivity contribution in [3.63, 3.8) is 0 Å². The summed E-state index contributed by atoms with van der Waals surface area (Å²) in [6.45, 7) is 3.77. The molecule has 1 aromatic rings. The average Bonchev–Trinajstić information content (AvgIpc) is 2.43. The van der Waals surface area contributed by atoms with Crippen LogP contribution in [0.3, 0.4) is 0 Å². The third-order valence-corrected chi connectivity index (χ3v) is 4.09. The maximum atomic E-state index is 5.73. The van der Waals surface area contributed by atoms with Crippen molar-refractivity contribution in [3.05, 3.63) is 48.0 Å². The van der Waals surface area contributed by atoms with Gasteiger partial charge in [0.15, 0.2) is 0 Å². The molecule has 1 aliphatic carbocycles. The molecule has 1 aliphatic rings. The molecule has 0 spiro atoms. The highest BCUT2D eigenvalue weighted by Gasteiger charge is 2.24. The first-order valence-corrected chi connectivity index (χ1v) is 6.99. The van der Waals surface area contributed by atoms with Crippen LogP contribution in [0.5, 0.6) is 0 Å². The maximum absolute atomic E-state index is 5.73. The number of rotatable bonds is 6. The molecule has 0 saturated heterocycles. The molecule has 98 valence electrons. The van der Waals surface area contributed by atoms with Gasteiger partial charge in [0.1, 0.15) is 0 Å². The number of nitrogens with two attached hydrogens (primary N) is 1. The molecule has 2 heteroatoms. The van der Waals surface area contributed by atoms with E-state index in [1.807, 2.05) is 6.08 Å². The van der Waals surface area contributed by atoms with Crippen LogP contribution in [0.4, 0.5) is 0 Å². The van der Waals surface area contributed by atoms with Crippen molar-refractivity contribution in [1.29, 1.82) is 0 Å². The number of allylic oxidation sites excluding steroid dienone is 1. The summed E-state index contributed by atoms with van der Waals surface area (Å²) in [7, 11) is 0. The number of fused-ring (bicyclic) bond motifs is 1. The van der Waals surface area contributed by atoms with Crippen LogP contribution in [-0.2, 0) is 12.8 Å². The Bertz CT molecular complexity index is 386. The zero-order valence-corrected chi connectivity index (χ0v) is 11.1. The first-order valence-electron chi connectivity index (χ1n) is 6.99. The molecule has 2 nitrogen and oxygen atoms in total. The highest BCUT2D eigenvalue weighted by atomic mass is 15.2. The molecular weight excluding hydrogens is 220 g/mol. The standard InChI is InChI=1S/C16H24N2/c1-2-3-4-9-16(18-17)15-11-10-13-7-5-6-8-14(13)12-15/h2,5-8,15-16,18H,1,3-4,9-12,17H2. The minimum absolute atomic E-state index is 0.443. The van der Waals surface area contributed by atoms with E-state index < -0.39 is 0 Å². The Balaban J connectivity index is 1.95. The van der Waals surface area contributed by atoms with E-state index >= 15 is 0 Å². The van der Waals surface area contributed by atoms with Crippen molar-refractivity contribution in [3.8, 4) is 0 Å². The molecule has 0 fully saturated rings. The molecule has 0 heterocycles. The zero-order chi connectivity index (χ0) is 12.8. The van der Waals surface area contributed by atoms with E-state index in [0.29, 0.717) is 12.0 Å². The summed E-state index contributed by atoms with van der Waals surface area (Å²) in [6.07, 6.45) is 9.01. The highest BCUT2D eigenvalue weighted by Crippen LogP contribution is 2.28. The van der Waals surface area contributed by atoms with Crippen LogP contribution in [0.1, 0.15) is 36.8 Å². The van der Waals surface area contributed by atoms with Crippen molar-refractivity contribution in [1.82, 2.24) is 5.43 Å². The van der Waals surface area contributed by atoms with Gasteiger partial charge < -0.3 is 0 Å². The SMILES string of the molecule is C=CCCCC(NN)C1CCc2ccccc2C1. The van der Waals surface area contributed by atoms with E-state index in [0.717, 1.165) is 12.8 Å². The fourth-order valence-electron chi connectivity index (χ4n) is 3.01. The quantitative estimate of drug-likeness (QED) is 0.349. The van der Waals surface area contributed by atoms with Crippen LogP contribution < -0.4 is 11.3 Å². The number of hydrogen-bond acceptors (Lipinski definition) is 2. The third-order valence-electron chi connectivity index (χ3n) is 4.09. The van der Waals surface area contributed by atoms with Gasteiger partial charge in [0.05, 0.1) is 0 Å². The van der Waals surface area contributed by atoms with Crippen LogP contribution >= 0.6 is 0 Å². The van der Waals surface area contributed by atoms with Gasteiger partial charge in [-0.1, -0.05) is 30.3 Å². The first-order chi connectivity index (χ1) is 8.85. The highest BCUT2D eigenvalue weighted by molar-refractivity contribution is 5.29. The number of hydrazine groups is 1. The van der Waals surface area contributed by atoms with Gasteiger partial charge in [0.25, 0.3) is 0 Å². The average molecular weight is 244 g/mol. The predicted molar refractivity (Wildman–Crippen MR) is 77.1 cm³/mol. The molecule has 2 unspecified atom stereocenters. The monoisotopic (exact) mass is 244 g/mol. The zero-order valence-electron chi connectivity index (χ0n) is 11.1. The lowest BCUT2D eigenvalue weighted by Crippen LogP contribution is -2.42. The van der Waals surface area contributed by atoms with Crippen molar-refractivity contribution in [2.24, 2.45) is 11.8 Å². The van der Waals surface area contributed by atoms with Gasteiger partial charge in [-0.25, -0.2) is 0 Å². The Kier molecular flexibility index (Phi) is 4.97. The largest absolute Gasteiger partial charge is 0.271 e. The summed E-state index contributed by atoms with van der Waals surface area (Å²) >= 11 is 0. The summed E-state index contributed by atoms with van der Waals surface area (Å²) in [6, 6.07) is 9.25. The summed E-state index contributed by atoms with van der Waals surface area (Å²) in [5.41, 5.74) is 6.06. The molecule has 0 saturated carbocycles. The first kappa shape index (κ1) is 13.3. The Labute approximate surface area is 110 Å². The van der Waals surface area contributed by atoms with Gasteiger partial charge in [0, 0.05) is 6.04 Å². The van der Waals surface area contributed by atoms with Crippen LogP contribution in [0, 0.1) is 5.92 Å². The van der Waals surface area contributed by atoms with Crippen LogP contribution in [0.2, 0.25) is 0 Å². The van der Waals surface area contributed by atoms with Crippen molar-refractivity contribution >= 4 is 0 Å². The van der Waals surface area contributed by atoms with Gasteiger partial charge in [-0.2, -0.15) is 0 Å². The summed E-state index contributed by atoms with van der Waals surface area (Å²) in [5, 5.41) is 0. The second kappa shape index (κ2) is 6.72. The van der Waals surface area contributed by atoms with E-state index in [2.05, 4.69) is 36.3 Å². The van der Waals surface area contributed by atoms with Crippen molar-refractivity contribution in [2.45, 2.75) is 44.6 Å².